The minimum Gasteiger partial charge on any atom is -0.484 e. The highest BCUT2D eigenvalue weighted by atomic mass is 19.4. The van der Waals surface area contributed by atoms with Gasteiger partial charge in [0.1, 0.15) is 23.4 Å². The molecule has 0 radical (unpaired) electrons. The van der Waals surface area contributed by atoms with Crippen molar-refractivity contribution >= 4 is 17.6 Å². The first-order valence-corrected chi connectivity index (χ1v) is 12.2. The molecule has 1 aromatic carbocycles. The fourth-order valence-corrected chi connectivity index (χ4v) is 5.27. The van der Waals surface area contributed by atoms with Crippen molar-refractivity contribution in [2.24, 2.45) is 5.92 Å². The van der Waals surface area contributed by atoms with E-state index in [4.69, 9.17) is 14.3 Å². The molecule has 6 rings (SSSR count). The number of benzene rings is 1. The van der Waals surface area contributed by atoms with Gasteiger partial charge in [0.2, 0.25) is 0 Å². The van der Waals surface area contributed by atoms with Crippen LogP contribution in [0, 0.1) is 5.92 Å². The summed E-state index contributed by atoms with van der Waals surface area (Å²) >= 11 is 0. The Morgan fingerprint density at radius 1 is 1.32 bits per heavy atom. The third kappa shape index (κ3) is 4.56. The predicted octanol–water partition coefficient (Wildman–Crippen LogP) is 3.99. The number of ether oxygens (including phenoxy) is 1. The Morgan fingerprint density at radius 3 is 2.89 bits per heavy atom. The molecule has 2 amide bonds. The van der Waals surface area contributed by atoms with Gasteiger partial charge in [-0.3, -0.25) is 9.59 Å². The number of alkyl halides is 3. The number of carbonyl (C=O) groups excluding carboxylic acids is 2. The fraction of sp³-hybridized carbons (Fsp3) is 0.440. The molecular weight excluding hydrogens is 491 g/mol. The van der Waals surface area contributed by atoms with Gasteiger partial charge in [-0.2, -0.15) is 18.3 Å². The summed E-state index contributed by atoms with van der Waals surface area (Å²) in [6, 6.07) is 4.82. The van der Waals surface area contributed by atoms with Crippen LogP contribution >= 0.6 is 0 Å². The van der Waals surface area contributed by atoms with Gasteiger partial charge in [0.25, 0.3) is 11.8 Å². The van der Waals surface area contributed by atoms with Crippen LogP contribution in [0.3, 0.4) is 0 Å². The zero-order valence-corrected chi connectivity index (χ0v) is 19.7. The number of halogens is 3. The van der Waals surface area contributed by atoms with Crippen molar-refractivity contribution in [2.75, 3.05) is 11.9 Å². The molecule has 2 N–H and O–H groups in total. The second kappa shape index (κ2) is 8.63. The van der Waals surface area contributed by atoms with Gasteiger partial charge in [-0.25, -0.2) is 9.67 Å². The molecule has 0 bridgehead atoms. The molecule has 0 saturated heterocycles. The molecule has 1 atom stereocenters. The van der Waals surface area contributed by atoms with Crippen LogP contribution in [0.25, 0.3) is 0 Å². The summed E-state index contributed by atoms with van der Waals surface area (Å²) in [6.45, 7) is -0.805. The molecule has 9 nitrogen and oxygen atoms in total. The Bertz CT molecular complexity index is 1360. The summed E-state index contributed by atoms with van der Waals surface area (Å²) in [5, 5.41) is 10.7. The van der Waals surface area contributed by atoms with E-state index in [0.717, 1.165) is 36.8 Å². The second-order valence-corrected chi connectivity index (χ2v) is 9.89. The van der Waals surface area contributed by atoms with Crippen molar-refractivity contribution in [2.45, 2.75) is 56.8 Å². The van der Waals surface area contributed by atoms with Crippen molar-refractivity contribution in [3.05, 3.63) is 58.9 Å². The van der Waals surface area contributed by atoms with Gasteiger partial charge >= 0.3 is 6.18 Å². The van der Waals surface area contributed by atoms with Gasteiger partial charge < -0.3 is 19.8 Å². The van der Waals surface area contributed by atoms with E-state index in [-0.39, 0.29) is 17.4 Å². The van der Waals surface area contributed by atoms with Crippen LogP contribution in [0.1, 0.15) is 63.4 Å². The summed E-state index contributed by atoms with van der Waals surface area (Å²) in [7, 11) is 0. The third-order valence-electron chi connectivity index (χ3n) is 7.23. The van der Waals surface area contributed by atoms with Crippen LogP contribution in [0.15, 0.2) is 35.3 Å². The summed E-state index contributed by atoms with van der Waals surface area (Å²) in [5.41, 5.74) is 1.91. The van der Waals surface area contributed by atoms with Gasteiger partial charge in [0.15, 0.2) is 18.7 Å². The van der Waals surface area contributed by atoms with Crippen LogP contribution in [0.4, 0.5) is 19.0 Å². The molecule has 12 heteroatoms. The van der Waals surface area contributed by atoms with Crippen molar-refractivity contribution in [1.29, 1.82) is 0 Å². The standard InChI is InChI=1S/C25H24F3N5O4/c26-25(27,28)12-37-16-3-4-17-15(9-16)5-7-24(17)10-18-20(23(35)31-24)21(30-22(34)19-11-36-13-29-19)33(32-18)8-6-14-1-2-14/h3-4,9,11,13-14H,1-2,5-8,10,12H2,(H,30,34)(H,31,35)/t24-/m0/s1. The molecule has 2 aromatic heterocycles. The van der Waals surface area contributed by atoms with Crippen molar-refractivity contribution in [1.82, 2.24) is 20.1 Å². The summed E-state index contributed by atoms with van der Waals surface area (Å²) < 4.78 is 49.2. The van der Waals surface area contributed by atoms with E-state index in [1.807, 2.05) is 0 Å². The summed E-state index contributed by atoms with van der Waals surface area (Å²) in [6.07, 6.45) is 2.72. The highest BCUT2D eigenvalue weighted by Crippen LogP contribution is 2.44. The van der Waals surface area contributed by atoms with Gasteiger partial charge in [-0.1, -0.05) is 18.9 Å². The van der Waals surface area contributed by atoms with E-state index in [2.05, 4.69) is 15.6 Å². The van der Waals surface area contributed by atoms with E-state index in [1.165, 1.54) is 12.3 Å². The molecule has 1 saturated carbocycles. The Hall–Kier alpha value is -3.83. The average molecular weight is 515 g/mol. The minimum absolute atomic E-state index is 0.0876. The summed E-state index contributed by atoms with van der Waals surface area (Å²) in [4.78, 5) is 30.1. The highest BCUT2D eigenvalue weighted by Gasteiger charge is 2.47. The number of hydrogen-bond donors (Lipinski definition) is 2. The molecular formula is C25H24F3N5O4. The Labute approximate surface area is 209 Å². The average Bonchev–Trinajstić information content (AvgIpc) is 3.23. The SMILES string of the molecule is O=C(Nc1c2c(nn1CCC1CC1)C[C@]1(CCc3cc(OCC(F)(F)F)ccc31)NC2=O)c1cocn1. The van der Waals surface area contributed by atoms with Crippen molar-refractivity contribution < 1.29 is 31.9 Å². The van der Waals surface area contributed by atoms with E-state index < -0.39 is 24.2 Å². The van der Waals surface area contributed by atoms with Gasteiger partial charge in [-0.15, -0.1) is 0 Å². The largest absolute Gasteiger partial charge is 0.484 e. The number of aromatic nitrogens is 3. The van der Waals surface area contributed by atoms with E-state index in [9.17, 15) is 22.8 Å². The Morgan fingerprint density at radius 2 is 2.16 bits per heavy atom. The topological polar surface area (TPSA) is 111 Å². The molecule has 3 aromatic rings. The van der Waals surface area contributed by atoms with Gasteiger partial charge in [-0.05, 0) is 48.4 Å². The molecule has 1 fully saturated rings. The van der Waals surface area contributed by atoms with Gasteiger partial charge in [0, 0.05) is 13.0 Å². The number of oxazole rings is 1. The Kier molecular flexibility index (Phi) is 5.50. The molecule has 1 aliphatic heterocycles. The second-order valence-electron chi connectivity index (χ2n) is 9.89. The smallest absolute Gasteiger partial charge is 0.422 e. The molecule has 2 aliphatic carbocycles. The number of rotatable bonds is 7. The number of nitrogens with zero attached hydrogens (tertiary/aromatic N) is 3. The maximum Gasteiger partial charge on any atom is 0.422 e. The number of anilines is 1. The number of nitrogens with one attached hydrogen (secondary N) is 2. The number of carbonyl (C=O) groups is 2. The Balaban J connectivity index is 1.30. The van der Waals surface area contributed by atoms with Crippen molar-refractivity contribution in [3.8, 4) is 5.75 Å². The molecule has 3 aliphatic rings. The lowest BCUT2D eigenvalue weighted by molar-refractivity contribution is -0.153. The number of hydrogen-bond acceptors (Lipinski definition) is 6. The lowest BCUT2D eigenvalue weighted by Crippen LogP contribution is -2.49. The number of fused-ring (bicyclic) bond motifs is 3. The highest BCUT2D eigenvalue weighted by molar-refractivity contribution is 6.08. The van der Waals surface area contributed by atoms with Crippen LogP contribution in [0.2, 0.25) is 0 Å². The number of amides is 2. The van der Waals surface area contributed by atoms with E-state index >= 15 is 0 Å². The van der Waals surface area contributed by atoms with E-state index in [0.29, 0.717) is 48.8 Å². The molecule has 3 heterocycles. The lowest BCUT2D eigenvalue weighted by Gasteiger charge is -2.35. The first kappa shape index (κ1) is 23.6. The maximum atomic E-state index is 13.5. The monoisotopic (exact) mass is 515 g/mol. The first-order valence-electron chi connectivity index (χ1n) is 12.2. The zero-order chi connectivity index (χ0) is 25.8. The quantitative estimate of drug-likeness (QED) is 0.492. The third-order valence-corrected chi connectivity index (χ3v) is 7.23. The van der Waals surface area contributed by atoms with Gasteiger partial charge in [0.05, 0.1) is 11.2 Å². The van der Waals surface area contributed by atoms with E-state index in [1.54, 1.807) is 16.8 Å². The maximum absolute atomic E-state index is 13.5. The predicted molar refractivity (Wildman–Crippen MR) is 123 cm³/mol. The molecule has 37 heavy (non-hydrogen) atoms. The minimum atomic E-state index is -4.42. The van der Waals surface area contributed by atoms with Crippen LogP contribution in [-0.4, -0.2) is 39.4 Å². The number of aryl methyl sites for hydroxylation is 2. The van der Waals surface area contributed by atoms with Crippen LogP contribution < -0.4 is 15.4 Å². The lowest BCUT2D eigenvalue weighted by atomic mass is 9.82. The van der Waals surface area contributed by atoms with Crippen molar-refractivity contribution in [3.63, 3.8) is 0 Å². The molecule has 194 valence electrons. The molecule has 1 spiro atoms. The van der Waals surface area contributed by atoms with Crippen LogP contribution in [0.5, 0.6) is 5.75 Å². The van der Waals surface area contributed by atoms with Crippen LogP contribution in [-0.2, 0) is 24.9 Å². The molecule has 0 unspecified atom stereocenters. The normalized spacial score (nSPS) is 20.5. The zero-order valence-electron chi connectivity index (χ0n) is 19.7. The first-order chi connectivity index (χ1) is 17.7. The summed E-state index contributed by atoms with van der Waals surface area (Å²) in [5.74, 6) is 0.216. The fourth-order valence-electron chi connectivity index (χ4n) is 5.27.